The Morgan fingerprint density at radius 3 is 2.64 bits per heavy atom. The van der Waals surface area contributed by atoms with Crippen molar-refractivity contribution >= 4 is 46.1 Å². The van der Waals surface area contributed by atoms with E-state index in [2.05, 4.69) is 50.4 Å². The number of pyridine rings is 2. The fourth-order valence-corrected chi connectivity index (χ4v) is 4.59. The van der Waals surface area contributed by atoms with Gasteiger partial charge in [-0.15, -0.1) is 0 Å². The zero-order chi connectivity index (χ0) is 25.2. The van der Waals surface area contributed by atoms with Gasteiger partial charge in [0.25, 0.3) is 0 Å². The van der Waals surface area contributed by atoms with Crippen LogP contribution in [0.4, 0.5) is 17.5 Å². The third-order valence-electron chi connectivity index (χ3n) is 6.20. The van der Waals surface area contributed by atoms with Crippen molar-refractivity contribution in [3.8, 4) is 0 Å². The van der Waals surface area contributed by atoms with Crippen LogP contribution < -0.4 is 21.3 Å². The highest BCUT2D eigenvalue weighted by atomic mass is 16.4. The van der Waals surface area contributed by atoms with Crippen LogP contribution in [0.1, 0.15) is 30.8 Å². The van der Waals surface area contributed by atoms with Gasteiger partial charge in [0.2, 0.25) is 0 Å². The van der Waals surface area contributed by atoms with Gasteiger partial charge in [-0.05, 0) is 62.7 Å². The van der Waals surface area contributed by atoms with Crippen molar-refractivity contribution in [2.24, 2.45) is 5.73 Å². The molecular formula is C27H30N8O. The lowest BCUT2D eigenvalue weighted by Gasteiger charge is -2.37. The Morgan fingerprint density at radius 1 is 1.14 bits per heavy atom. The molecule has 1 fully saturated rings. The van der Waals surface area contributed by atoms with Crippen molar-refractivity contribution < 1.29 is 4.42 Å². The maximum Gasteiger partial charge on any atom is 0.301 e. The summed E-state index contributed by atoms with van der Waals surface area (Å²) < 4.78 is 5.88. The number of benzene rings is 1. The minimum absolute atomic E-state index is 0.348. The van der Waals surface area contributed by atoms with Gasteiger partial charge in [0.15, 0.2) is 5.58 Å². The van der Waals surface area contributed by atoms with Crippen molar-refractivity contribution in [2.45, 2.75) is 32.9 Å². The lowest BCUT2D eigenvalue weighted by Crippen LogP contribution is -2.54. The molecule has 1 unspecified atom stereocenters. The number of aromatic nitrogens is 3. The molecule has 184 valence electrons. The Morgan fingerprint density at radius 2 is 1.94 bits per heavy atom. The van der Waals surface area contributed by atoms with E-state index in [0.717, 1.165) is 30.0 Å². The monoisotopic (exact) mass is 482 g/mol. The summed E-state index contributed by atoms with van der Waals surface area (Å²) in [4.78, 5) is 16.0. The molecule has 5 N–H and O–H groups in total. The minimum Gasteiger partial charge on any atom is -0.423 e. The van der Waals surface area contributed by atoms with Crippen LogP contribution in [0.3, 0.4) is 0 Å². The van der Waals surface area contributed by atoms with Crippen molar-refractivity contribution in [3.63, 3.8) is 0 Å². The van der Waals surface area contributed by atoms with Crippen molar-refractivity contribution in [2.75, 3.05) is 23.3 Å². The highest BCUT2D eigenvalue weighted by Gasteiger charge is 2.21. The fourth-order valence-electron chi connectivity index (χ4n) is 4.59. The predicted octanol–water partition coefficient (Wildman–Crippen LogP) is 4.33. The molecule has 5 rings (SSSR count). The molecule has 1 saturated heterocycles. The second kappa shape index (κ2) is 9.79. The Hall–Kier alpha value is -4.24. The number of nitrogens with zero attached hydrogens (tertiary/aromatic N) is 4. The summed E-state index contributed by atoms with van der Waals surface area (Å²) in [7, 11) is 0. The molecule has 0 amide bonds. The van der Waals surface area contributed by atoms with E-state index in [4.69, 9.17) is 15.6 Å². The molecule has 9 heteroatoms. The lowest BCUT2D eigenvalue weighted by molar-refractivity contribution is 0.407. The summed E-state index contributed by atoms with van der Waals surface area (Å²) >= 11 is 0. The maximum absolute atomic E-state index is 7.94. The van der Waals surface area contributed by atoms with Crippen LogP contribution in [-0.4, -0.2) is 46.3 Å². The predicted molar refractivity (Wildman–Crippen MR) is 145 cm³/mol. The van der Waals surface area contributed by atoms with E-state index in [1.807, 2.05) is 55.6 Å². The Balaban J connectivity index is 1.36. The van der Waals surface area contributed by atoms with Crippen molar-refractivity contribution in [1.29, 1.82) is 5.41 Å². The van der Waals surface area contributed by atoms with E-state index >= 15 is 0 Å². The standard InChI is InChI=1S/C27H30N8O/c1-16-5-4-6-22(32-16)26(29)21(12-28)19-7-9-24-23(11-19)33-27(36-24)34-25-10-8-20(13-30-25)35-14-17(2)31-18(3)15-35/h4-13,17-18,28,31H,14-15,29H2,1-3H3,(H,30,33,34)/b26-21+,28-12?/t17-,18?/m1/s1. The van der Waals surface area contributed by atoms with Crippen LogP contribution in [0.15, 0.2) is 59.1 Å². The number of oxazole rings is 1. The number of aryl methyl sites for hydroxylation is 1. The molecule has 0 saturated carbocycles. The zero-order valence-corrected chi connectivity index (χ0v) is 20.6. The van der Waals surface area contributed by atoms with Gasteiger partial charge in [-0.2, -0.15) is 4.98 Å². The quantitative estimate of drug-likeness (QED) is 0.299. The molecule has 0 bridgehead atoms. The number of nitrogens with two attached hydrogens (primary N) is 1. The average molecular weight is 483 g/mol. The third kappa shape index (κ3) is 4.92. The van der Waals surface area contributed by atoms with Crippen LogP contribution in [0.25, 0.3) is 22.4 Å². The van der Waals surface area contributed by atoms with Gasteiger partial charge >= 0.3 is 6.01 Å². The topological polar surface area (TPSA) is 129 Å². The zero-order valence-electron chi connectivity index (χ0n) is 20.6. The molecular weight excluding hydrogens is 452 g/mol. The van der Waals surface area contributed by atoms with Crippen LogP contribution >= 0.6 is 0 Å². The first-order chi connectivity index (χ1) is 17.4. The maximum atomic E-state index is 7.94. The van der Waals surface area contributed by atoms with E-state index in [-0.39, 0.29) is 0 Å². The molecule has 4 heterocycles. The molecule has 2 atom stereocenters. The van der Waals surface area contributed by atoms with Crippen LogP contribution in [-0.2, 0) is 0 Å². The minimum atomic E-state index is 0.348. The second-order valence-electron chi connectivity index (χ2n) is 9.24. The SMILES string of the molecule is Cc1cccc(/C(N)=C(/C=N)c2ccc3oc(Nc4ccc(N5CC(C)N[C@H](C)C5)cn4)nc3c2)n1. The van der Waals surface area contributed by atoms with Crippen LogP contribution in [0.2, 0.25) is 0 Å². The molecule has 3 aromatic heterocycles. The summed E-state index contributed by atoms with van der Waals surface area (Å²) in [5.41, 5.74) is 12.0. The Kier molecular flexibility index (Phi) is 6.39. The van der Waals surface area contributed by atoms with Crippen LogP contribution in [0, 0.1) is 12.3 Å². The largest absolute Gasteiger partial charge is 0.423 e. The molecule has 1 aliphatic heterocycles. The highest BCUT2D eigenvalue weighted by molar-refractivity contribution is 6.18. The van der Waals surface area contributed by atoms with E-state index in [1.54, 1.807) is 0 Å². The number of fused-ring (bicyclic) bond motifs is 1. The van der Waals surface area contributed by atoms with Crippen LogP contribution in [0.5, 0.6) is 0 Å². The number of piperazine rings is 1. The molecule has 4 aromatic rings. The number of hydrogen-bond donors (Lipinski definition) is 4. The van der Waals surface area contributed by atoms with Gasteiger partial charge in [0.1, 0.15) is 11.3 Å². The smallest absolute Gasteiger partial charge is 0.301 e. The molecule has 1 aromatic carbocycles. The number of allylic oxidation sites excluding steroid dienone is 1. The molecule has 1 aliphatic rings. The number of hydrogen-bond acceptors (Lipinski definition) is 9. The van der Waals surface area contributed by atoms with Gasteiger partial charge in [-0.1, -0.05) is 12.1 Å². The van der Waals surface area contributed by atoms with Gasteiger partial charge in [-0.25, -0.2) is 4.98 Å². The lowest BCUT2D eigenvalue weighted by atomic mass is 10.0. The first-order valence-corrected chi connectivity index (χ1v) is 12.0. The van der Waals surface area contributed by atoms with E-state index in [9.17, 15) is 0 Å². The summed E-state index contributed by atoms with van der Waals surface area (Å²) in [5.74, 6) is 0.650. The van der Waals surface area contributed by atoms with Crippen molar-refractivity contribution in [3.05, 3.63) is 71.7 Å². The average Bonchev–Trinajstić information content (AvgIpc) is 3.26. The fraction of sp³-hybridized carbons (Fsp3) is 0.259. The molecule has 0 radical (unpaired) electrons. The number of anilines is 3. The highest BCUT2D eigenvalue weighted by Crippen LogP contribution is 2.27. The van der Waals surface area contributed by atoms with E-state index in [0.29, 0.717) is 52.0 Å². The molecule has 0 aliphatic carbocycles. The Labute approximate surface area is 210 Å². The molecule has 9 nitrogen and oxygen atoms in total. The van der Waals surface area contributed by atoms with Gasteiger partial charge in [0.05, 0.1) is 23.3 Å². The normalized spacial score (nSPS) is 18.7. The second-order valence-corrected chi connectivity index (χ2v) is 9.24. The van der Waals surface area contributed by atoms with Gasteiger partial charge in [-0.3, -0.25) is 10.3 Å². The first-order valence-electron chi connectivity index (χ1n) is 12.0. The molecule has 0 spiro atoms. The van der Waals surface area contributed by atoms with Gasteiger partial charge in [0, 0.05) is 42.7 Å². The molecule has 36 heavy (non-hydrogen) atoms. The Bertz CT molecular complexity index is 1420. The summed E-state index contributed by atoms with van der Waals surface area (Å²) in [6.45, 7) is 8.19. The number of nitrogens with one attached hydrogen (secondary N) is 3. The number of rotatable bonds is 6. The van der Waals surface area contributed by atoms with Crippen molar-refractivity contribution in [1.82, 2.24) is 20.3 Å². The van der Waals surface area contributed by atoms with E-state index < -0.39 is 0 Å². The summed E-state index contributed by atoms with van der Waals surface area (Å²) in [6.07, 6.45) is 3.11. The third-order valence-corrected chi connectivity index (χ3v) is 6.20. The summed E-state index contributed by atoms with van der Waals surface area (Å²) in [6, 6.07) is 16.4. The summed E-state index contributed by atoms with van der Waals surface area (Å²) in [5, 5.41) is 14.6. The van der Waals surface area contributed by atoms with Gasteiger partial charge < -0.3 is 25.8 Å². The van der Waals surface area contributed by atoms with E-state index in [1.165, 1.54) is 6.21 Å². The first kappa shape index (κ1) is 23.5.